The maximum atomic E-state index is 11.6. The summed E-state index contributed by atoms with van der Waals surface area (Å²) < 4.78 is 0. The minimum atomic E-state index is -0.536. The van der Waals surface area contributed by atoms with E-state index in [1.165, 1.54) is 83.5 Å². The van der Waals surface area contributed by atoms with Crippen molar-refractivity contribution in [3.63, 3.8) is 0 Å². The molecule has 2 unspecified atom stereocenters. The number of hydrogen-bond donors (Lipinski definition) is 0. The van der Waals surface area contributed by atoms with Gasteiger partial charge >= 0.3 is 0 Å². The van der Waals surface area contributed by atoms with E-state index in [4.69, 9.17) is 0 Å². The summed E-state index contributed by atoms with van der Waals surface area (Å²) in [5.74, 6) is 4.88. The lowest BCUT2D eigenvalue weighted by atomic mass is 9.64. The largest absolute Gasteiger partial charge is 0.264 e. The lowest BCUT2D eigenvalue weighted by molar-refractivity contribution is -0.592. The molecule has 0 aliphatic heterocycles. The van der Waals surface area contributed by atoms with Gasteiger partial charge in [0.1, 0.15) is 0 Å². The molecule has 0 saturated heterocycles. The fourth-order valence-electron chi connectivity index (χ4n) is 6.78. The van der Waals surface area contributed by atoms with E-state index in [0.29, 0.717) is 5.92 Å². The van der Waals surface area contributed by atoms with Crippen molar-refractivity contribution in [3.8, 4) is 0 Å². The molecule has 0 spiro atoms. The van der Waals surface area contributed by atoms with Crippen LogP contribution in [0.3, 0.4) is 0 Å². The third kappa shape index (κ3) is 5.07. The molecule has 2 atom stereocenters. The molecular formula is C24H41NO2. The van der Waals surface area contributed by atoms with Crippen LogP contribution in [0.5, 0.6) is 0 Å². The monoisotopic (exact) mass is 375 g/mol. The standard InChI is InChI=1S/C24H41NO2/c26-25(27)24-12-8-4-3-5-9-19-13-21(14-19)15-23-16-22(23)11-7-2-1-6-10-20(17-24)18-24/h19-23H,1-18H2. The minimum absolute atomic E-state index is 0.0829. The third-order valence-corrected chi connectivity index (χ3v) is 8.70. The predicted molar refractivity (Wildman–Crippen MR) is 110 cm³/mol. The quantitative estimate of drug-likeness (QED) is 0.360. The van der Waals surface area contributed by atoms with Crippen molar-refractivity contribution in [3.05, 3.63) is 10.1 Å². The van der Waals surface area contributed by atoms with E-state index >= 15 is 0 Å². The van der Waals surface area contributed by atoms with E-state index in [9.17, 15) is 10.1 Å². The van der Waals surface area contributed by atoms with Gasteiger partial charge in [-0.2, -0.15) is 0 Å². The van der Waals surface area contributed by atoms with Crippen molar-refractivity contribution in [1.82, 2.24) is 0 Å². The molecule has 0 aromatic rings. The second-order valence-electron chi connectivity index (χ2n) is 10.9. The first-order valence-corrected chi connectivity index (χ1v) is 12.3. The Kier molecular flexibility index (Phi) is 6.44. The molecule has 0 N–H and O–H groups in total. The zero-order chi connectivity index (χ0) is 18.7. The predicted octanol–water partition coefficient (Wildman–Crippen LogP) is 7.16. The third-order valence-electron chi connectivity index (χ3n) is 8.70. The molecule has 6 fully saturated rings. The van der Waals surface area contributed by atoms with Crippen LogP contribution in [0.25, 0.3) is 0 Å². The fraction of sp³-hybridized carbons (Fsp3) is 1.00. The van der Waals surface area contributed by atoms with Crippen molar-refractivity contribution in [1.29, 1.82) is 0 Å². The smallest absolute Gasteiger partial charge is 0.222 e. The van der Waals surface area contributed by atoms with Gasteiger partial charge in [-0.1, -0.05) is 57.8 Å². The molecule has 4 bridgehead atoms. The number of rotatable bonds is 1. The van der Waals surface area contributed by atoms with Crippen LogP contribution in [-0.4, -0.2) is 10.5 Å². The molecule has 6 aliphatic carbocycles. The van der Waals surface area contributed by atoms with E-state index in [1.807, 2.05) is 0 Å². The van der Waals surface area contributed by atoms with Crippen molar-refractivity contribution in [2.45, 2.75) is 121 Å². The maximum Gasteiger partial charge on any atom is 0.222 e. The normalized spacial score (nSPS) is 43.9. The first-order valence-electron chi connectivity index (χ1n) is 12.3. The van der Waals surface area contributed by atoms with E-state index < -0.39 is 5.54 Å². The fourth-order valence-corrected chi connectivity index (χ4v) is 6.78. The van der Waals surface area contributed by atoms with Gasteiger partial charge in [-0.3, -0.25) is 10.1 Å². The lowest BCUT2D eigenvalue weighted by Crippen LogP contribution is -2.50. The molecule has 0 amide bonds. The summed E-state index contributed by atoms with van der Waals surface area (Å²) in [6.07, 6.45) is 23.2. The number of hydrogen-bond acceptors (Lipinski definition) is 2. The Morgan fingerprint density at radius 1 is 0.630 bits per heavy atom. The molecule has 0 radical (unpaired) electrons. The summed E-state index contributed by atoms with van der Waals surface area (Å²) in [7, 11) is 0. The summed E-state index contributed by atoms with van der Waals surface area (Å²) in [5.41, 5.74) is -0.536. The molecule has 6 saturated carbocycles. The van der Waals surface area contributed by atoms with E-state index in [0.717, 1.165) is 49.4 Å². The van der Waals surface area contributed by atoms with Gasteiger partial charge in [0.2, 0.25) is 5.54 Å². The molecule has 0 heterocycles. The van der Waals surface area contributed by atoms with Crippen LogP contribution in [0.4, 0.5) is 0 Å². The number of nitrogens with zero attached hydrogens (tertiary/aromatic N) is 1. The van der Waals surface area contributed by atoms with Gasteiger partial charge in [0.15, 0.2) is 0 Å². The van der Waals surface area contributed by atoms with Gasteiger partial charge < -0.3 is 0 Å². The van der Waals surface area contributed by atoms with Gasteiger partial charge in [0.05, 0.1) is 0 Å². The van der Waals surface area contributed by atoms with Crippen molar-refractivity contribution in [2.24, 2.45) is 29.6 Å². The maximum absolute atomic E-state index is 11.6. The Bertz CT molecular complexity index is 493. The average molecular weight is 376 g/mol. The highest BCUT2D eigenvalue weighted by molar-refractivity contribution is 4.95. The second kappa shape index (κ2) is 8.82. The van der Waals surface area contributed by atoms with Crippen molar-refractivity contribution < 1.29 is 4.92 Å². The highest BCUT2D eigenvalue weighted by atomic mass is 16.6. The zero-order valence-corrected chi connectivity index (χ0v) is 17.4. The Morgan fingerprint density at radius 2 is 1.26 bits per heavy atom. The second-order valence-corrected chi connectivity index (χ2v) is 10.9. The Balaban J connectivity index is 1.22. The summed E-state index contributed by atoms with van der Waals surface area (Å²) >= 11 is 0. The minimum Gasteiger partial charge on any atom is -0.264 e. The first-order chi connectivity index (χ1) is 13.1. The molecule has 3 nitrogen and oxygen atoms in total. The summed E-state index contributed by atoms with van der Waals surface area (Å²) in [4.78, 5) is 11.7. The molecule has 27 heavy (non-hydrogen) atoms. The topological polar surface area (TPSA) is 43.1 Å². The molecule has 6 rings (SSSR count). The SMILES string of the molecule is O=[N+]([O-])C12CCCCCCC3CC(C3)CC3CC3CCCCCCC(C1)C2. The van der Waals surface area contributed by atoms with Crippen LogP contribution in [0.2, 0.25) is 0 Å². The molecule has 6 aliphatic rings. The molecular weight excluding hydrogens is 334 g/mol. The average Bonchev–Trinajstić information content (AvgIpc) is 3.31. The van der Waals surface area contributed by atoms with Gasteiger partial charge in [-0.05, 0) is 68.1 Å². The Morgan fingerprint density at radius 3 is 1.96 bits per heavy atom. The summed E-state index contributed by atoms with van der Waals surface area (Å²) in [6, 6.07) is 0. The van der Waals surface area contributed by atoms with E-state index in [-0.39, 0.29) is 4.92 Å². The van der Waals surface area contributed by atoms with E-state index in [2.05, 4.69) is 0 Å². The number of nitro groups is 1. The van der Waals surface area contributed by atoms with E-state index in [1.54, 1.807) is 6.42 Å². The van der Waals surface area contributed by atoms with Gasteiger partial charge in [0, 0.05) is 24.2 Å². The van der Waals surface area contributed by atoms with Crippen LogP contribution in [0.15, 0.2) is 0 Å². The molecule has 3 heteroatoms. The lowest BCUT2D eigenvalue weighted by Gasteiger charge is -2.40. The van der Waals surface area contributed by atoms with Crippen LogP contribution in [0, 0.1) is 39.7 Å². The van der Waals surface area contributed by atoms with Crippen LogP contribution < -0.4 is 0 Å². The Hall–Kier alpha value is -0.600. The Labute approximate surface area is 166 Å². The highest BCUT2D eigenvalue weighted by Crippen LogP contribution is 2.51. The van der Waals surface area contributed by atoms with Crippen LogP contribution in [-0.2, 0) is 0 Å². The van der Waals surface area contributed by atoms with Crippen molar-refractivity contribution >= 4 is 0 Å². The van der Waals surface area contributed by atoms with Gasteiger partial charge in [-0.15, -0.1) is 0 Å². The molecule has 0 aromatic carbocycles. The van der Waals surface area contributed by atoms with Crippen LogP contribution >= 0.6 is 0 Å². The summed E-state index contributed by atoms with van der Waals surface area (Å²) in [6.45, 7) is 0. The van der Waals surface area contributed by atoms with Gasteiger partial charge in [0.25, 0.3) is 0 Å². The van der Waals surface area contributed by atoms with Gasteiger partial charge in [-0.25, -0.2) is 0 Å². The molecule has 154 valence electrons. The highest BCUT2D eigenvalue weighted by Gasteiger charge is 2.53. The molecule has 0 aromatic heterocycles. The van der Waals surface area contributed by atoms with Crippen molar-refractivity contribution in [2.75, 3.05) is 0 Å². The zero-order valence-electron chi connectivity index (χ0n) is 17.4. The first kappa shape index (κ1) is 19.7. The van der Waals surface area contributed by atoms with Crippen LogP contribution in [0.1, 0.15) is 116 Å². The summed E-state index contributed by atoms with van der Waals surface area (Å²) in [5, 5.41) is 11.6.